The molecule has 0 aliphatic rings. The largest absolute Gasteiger partial charge is 0.465 e. The molecule has 4 nitrogen and oxygen atoms in total. The molecule has 0 aromatic heterocycles. The topological polar surface area (TPSA) is 63.6 Å². The molecular weight excluding hydrogens is 240 g/mol. The molecule has 1 atom stereocenters. The predicted molar refractivity (Wildman–Crippen MR) is 69.0 cm³/mol. The molecule has 0 bridgehead atoms. The van der Waals surface area contributed by atoms with Crippen LogP contribution in [-0.4, -0.2) is 41.6 Å². The maximum Gasteiger partial charge on any atom is 0.319 e. The Morgan fingerprint density at radius 2 is 2.00 bits per heavy atom. The smallest absolute Gasteiger partial charge is 0.319 e. The number of hydrogen-bond donors (Lipinski definition) is 1. The molecule has 0 aromatic rings. The van der Waals surface area contributed by atoms with Gasteiger partial charge in [-0.05, 0) is 32.4 Å². The van der Waals surface area contributed by atoms with Crippen LogP contribution in [0.1, 0.15) is 27.7 Å². The van der Waals surface area contributed by atoms with Gasteiger partial charge in [0.1, 0.15) is 5.41 Å². The van der Waals surface area contributed by atoms with Crippen LogP contribution >= 0.6 is 11.8 Å². The molecule has 0 saturated carbocycles. The fourth-order valence-corrected chi connectivity index (χ4v) is 2.18. The summed E-state index contributed by atoms with van der Waals surface area (Å²) in [5, 5.41) is 8.85. The van der Waals surface area contributed by atoms with Crippen LogP contribution < -0.4 is 0 Å². The van der Waals surface area contributed by atoms with Gasteiger partial charge in [0.2, 0.25) is 0 Å². The zero-order chi connectivity index (χ0) is 13.5. The summed E-state index contributed by atoms with van der Waals surface area (Å²) in [6, 6.07) is 0. The Bertz CT molecular complexity index is 263. The third-order valence-electron chi connectivity index (χ3n) is 2.43. The number of thioether (sulfide) groups is 1. The van der Waals surface area contributed by atoms with Crippen LogP contribution in [-0.2, 0) is 14.3 Å². The highest BCUT2D eigenvalue weighted by molar-refractivity contribution is 7.99. The van der Waals surface area contributed by atoms with E-state index in [4.69, 9.17) is 9.84 Å². The van der Waals surface area contributed by atoms with Gasteiger partial charge >= 0.3 is 5.97 Å². The Balaban J connectivity index is 4.16. The highest BCUT2D eigenvalue weighted by atomic mass is 32.2. The lowest BCUT2D eigenvalue weighted by atomic mass is 9.89. The number of hydrogen-bond acceptors (Lipinski definition) is 5. The minimum absolute atomic E-state index is 0.114. The van der Waals surface area contributed by atoms with Gasteiger partial charge in [-0.1, -0.05) is 6.92 Å². The first-order chi connectivity index (χ1) is 7.86. The molecular formula is C12H22O4S. The summed E-state index contributed by atoms with van der Waals surface area (Å²) in [5.41, 5.74) is -1.08. The normalized spacial score (nSPS) is 13.2. The molecule has 0 aliphatic carbocycles. The second kappa shape index (κ2) is 7.71. The predicted octanol–water partition coefficient (Wildman–Crippen LogP) is 1.51. The van der Waals surface area contributed by atoms with Crippen molar-refractivity contribution in [1.82, 2.24) is 0 Å². The van der Waals surface area contributed by atoms with E-state index in [9.17, 15) is 9.59 Å². The Kier molecular flexibility index (Phi) is 7.46. The summed E-state index contributed by atoms with van der Waals surface area (Å²) in [6.45, 7) is 7.20. The van der Waals surface area contributed by atoms with E-state index in [1.807, 2.05) is 6.92 Å². The molecule has 0 heterocycles. The number of carbonyl (C=O) groups is 2. The molecule has 1 N–H and O–H groups in total. The van der Waals surface area contributed by atoms with Crippen LogP contribution in [0, 0.1) is 11.3 Å². The number of ketones is 1. The van der Waals surface area contributed by atoms with Gasteiger partial charge in [0.15, 0.2) is 5.78 Å². The summed E-state index contributed by atoms with van der Waals surface area (Å²) in [4.78, 5) is 23.4. The van der Waals surface area contributed by atoms with Gasteiger partial charge in [0.05, 0.1) is 12.4 Å². The first kappa shape index (κ1) is 16.4. The molecule has 0 saturated heterocycles. The number of ether oxygens (including phenoxy) is 1. The Morgan fingerprint density at radius 3 is 2.47 bits per heavy atom. The van der Waals surface area contributed by atoms with Crippen LogP contribution in [0.2, 0.25) is 0 Å². The highest BCUT2D eigenvalue weighted by Gasteiger charge is 2.36. The summed E-state index contributed by atoms with van der Waals surface area (Å²) < 4.78 is 4.87. The van der Waals surface area contributed by atoms with Crippen molar-refractivity contribution in [3.8, 4) is 0 Å². The van der Waals surface area contributed by atoms with Crippen LogP contribution in [0.3, 0.4) is 0 Å². The molecule has 5 heteroatoms. The number of aliphatic hydroxyl groups is 1. The summed E-state index contributed by atoms with van der Waals surface area (Å²) >= 11 is 1.44. The first-order valence-electron chi connectivity index (χ1n) is 5.75. The molecule has 0 rings (SSSR count). The van der Waals surface area contributed by atoms with E-state index < -0.39 is 11.4 Å². The number of aliphatic hydroxyl groups excluding tert-OH is 1. The summed E-state index contributed by atoms with van der Waals surface area (Å²) in [6.07, 6.45) is 0. The van der Waals surface area contributed by atoms with Gasteiger partial charge in [0, 0.05) is 6.61 Å². The molecule has 0 fully saturated rings. The minimum atomic E-state index is -1.08. The number of rotatable bonds is 8. The first-order valence-corrected chi connectivity index (χ1v) is 6.90. The van der Waals surface area contributed by atoms with Crippen molar-refractivity contribution < 1.29 is 19.4 Å². The van der Waals surface area contributed by atoms with Gasteiger partial charge in [-0.25, -0.2) is 0 Å². The van der Waals surface area contributed by atoms with Gasteiger partial charge in [0.25, 0.3) is 0 Å². The SMILES string of the molecule is CCOC(=O)C(C)(C)C(=O)CSCC(C)CO. The standard InChI is InChI=1S/C12H22O4S/c1-5-16-11(15)12(3,4)10(14)8-17-7-9(2)6-13/h9,13H,5-8H2,1-4H3. The summed E-state index contributed by atoms with van der Waals surface area (Å²) in [7, 11) is 0. The fraction of sp³-hybridized carbons (Fsp3) is 0.833. The van der Waals surface area contributed by atoms with Crippen molar-refractivity contribution in [2.75, 3.05) is 24.7 Å². The Hall–Kier alpha value is -0.550. The summed E-state index contributed by atoms with van der Waals surface area (Å²) in [5.74, 6) is 0.544. The van der Waals surface area contributed by atoms with Crippen LogP contribution in [0.4, 0.5) is 0 Å². The van der Waals surface area contributed by atoms with E-state index in [1.165, 1.54) is 11.8 Å². The van der Waals surface area contributed by atoms with Crippen molar-refractivity contribution in [2.45, 2.75) is 27.7 Å². The van der Waals surface area contributed by atoms with E-state index in [0.717, 1.165) is 0 Å². The van der Waals surface area contributed by atoms with Crippen molar-refractivity contribution >= 4 is 23.5 Å². The number of Topliss-reactive ketones (excluding diaryl/α,β-unsaturated/α-hetero) is 1. The molecule has 1 unspecified atom stereocenters. The van der Waals surface area contributed by atoms with E-state index in [0.29, 0.717) is 5.75 Å². The van der Waals surface area contributed by atoms with Crippen molar-refractivity contribution in [2.24, 2.45) is 11.3 Å². The van der Waals surface area contributed by atoms with Gasteiger partial charge in [-0.15, -0.1) is 0 Å². The van der Waals surface area contributed by atoms with E-state index in [1.54, 1.807) is 20.8 Å². The molecule has 100 valence electrons. The molecule has 0 aliphatic heterocycles. The van der Waals surface area contributed by atoms with Crippen molar-refractivity contribution in [3.63, 3.8) is 0 Å². The maximum atomic E-state index is 11.9. The average molecular weight is 262 g/mol. The third kappa shape index (κ3) is 5.55. The van der Waals surface area contributed by atoms with Gasteiger partial charge in [-0.3, -0.25) is 9.59 Å². The molecule has 0 radical (unpaired) electrons. The lowest BCUT2D eigenvalue weighted by Crippen LogP contribution is -2.36. The Labute approximate surface area is 107 Å². The van der Waals surface area contributed by atoms with Gasteiger partial charge < -0.3 is 9.84 Å². The Morgan fingerprint density at radius 1 is 1.41 bits per heavy atom. The zero-order valence-corrected chi connectivity index (χ0v) is 11.8. The van der Waals surface area contributed by atoms with Crippen LogP contribution in [0.25, 0.3) is 0 Å². The zero-order valence-electron chi connectivity index (χ0n) is 11.0. The molecule has 17 heavy (non-hydrogen) atoms. The van der Waals surface area contributed by atoms with E-state index >= 15 is 0 Å². The van der Waals surface area contributed by atoms with Crippen molar-refractivity contribution in [3.05, 3.63) is 0 Å². The quantitative estimate of drug-likeness (QED) is 0.530. The lowest BCUT2D eigenvalue weighted by Gasteiger charge is -2.20. The van der Waals surface area contributed by atoms with Gasteiger partial charge in [-0.2, -0.15) is 11.8 Å². The molecule has 0 spiro atoms. The third-order valence-corrected chi connectivity index (χ3v) is 3.70. The number of esters is 1. The maximum absolute atomic E-state index is 11.9. The van der Waals surface area contributed by atoms with Crippen molar-refractivity contribution in [1.29, 1.82) is 0 Å². The monoisotopic (exact) mass is 262 g/mol. The average Bonchev–Trinajstić information content (AvgIpc) is 2.28. The molecule has 0 aromatic carbocycles. The lowest BCUT2D eigenvalue weighted by molar-refractivity contribution is -0.157. The molecule has 0 amide bonds. The van der Waals surface area contributed by atoms with E-state index in [2.05, 4.69) is 0 Å². The van der Waals surface area contributed by atoms with E-state index in [-0.39, 0.29) is 30.7 Å². The minimum Gasteiger partial charge on any atom is -0.465 e. The highest BCUT2D eigenvalue weighted by Crippen LogP contribution is 2.22. The van der Waals surface area contributed by atoms with Crippen LogP contribution in [0.15, 0.2) is 0 Å². The fourth-order valence-electron chi connectivity index (χ4n) is 1.01. The second-order valence-corrected chi connectivity index (χ2v) is 5.60. The second-order valence-electron chi connectivity index (χ2n) is 4.57. The van der Waals surface area contributed by atoms with Crippen LogP contribution in [0.5, 0.6) is 0 Å². The number of carbonyl (C=O) groups excluding carboxylic acids is 2.